The number of hydrogen-bond donors (Lipinski definition) is 0. The van der Waals surface area contributed by atoms with Gasteiger partial charge in [0.05, 0.1) is 9.50 Å². The summed E-state index contributed by atoms with van der Waals surface area (Å²) in [5.41, 5.74) is 0.619. The van der Waals surface area contributed by atoms with Gasteiger partial charge in [0.25, 0.3) is 0 Å². The van der Waals surface area contributed by atoms with Crippen molar-refractivity contribution in [1.29, 1.82) is 0 Å². The summed E-state index contributed by atoms with van der Waals surface area (Å²) in [5.74, 6) is -0.531. The van der Waals surface area contributed by atoms with Gasteiger partial charge in [0.15, 0.2) is 0 Å². The van der Waals surface area contributed by atoms with Crippen molar-refractivity contribution in [3.63, 3.8) is 0 Å². The normalized spacial score (nSPS) is 10.4. The molecule has 2 aromatic carbocycles. The first-order valence-corrected chi connectivity index (χ1v) is 6.25. The fourth-order valence-corrected chi connectivity index (χ4v) is 1.86. The van der Waals surface area contributed by atoms with Crippen LogP contribution in [0.3, 0.4) is 0 Å². The van der Waals surface area contributed by atoms with Crippen LogP contribution in [0.15, 0.2) is 40.9 Å². The molecule has 2 aromatic rings. The lowest BCUT2D eigenvalue weighted by molar-refractivity contribution is 0.302. The van der Waals surface area contributed by atoms with Crippen LogP contribution in [0.25, 0.3) is 0 Å². The monoisotopic (exact) mass is 332 g/mol. The van der Waals surface area contributed by atoms with Crippen LogP contribution >= 0.6 is 27.5 Å². The highest BCUT2D eigenvalue weighted by atomic mass is 79.9. The Morgan fingerprint density at radius 1 is 1.11 bits per heavy atom. The van der Waals surface area contributed by atoms with Gasteiger partial charge in [-0.25, -0.2) is 8.78 Å². The van der Waals surface area contributed by atoms with Crippen LogP contribution in [-0.2, 0) is 6.61 Å². The zero-order valence-electron chi connectivity index (χ0n) is 9.09. The third-order valence-electron chi connectivity index (χ3n) is 2.27. The molecule has 0 aromatic heterocycles. The molecule has 0 saturated carbocycles. The molecule has 0 heterocycles. The zero-order chi connectivity index (χ0) is 13.1. The van der Waals surface area contributed by atoms with Crippen LogP contribution in [0, 0.1) is 11.6 Å². The van der Waals surface area contributed by atoms with E-state index < -0.39 is 11.6 Å². The molecule has 94 valence electrons. The summed E-state index contributed by atoms with van der Waals surface area (Å²) in [6.07, 6.45) is 0. The van der Waals surface area contributed by atoms with E-state index in [1.165, 1.54) is 24.3 Å². The quantitative estimate of drug-likeness (QED) is 0.771. The molecule has 0 N–H and O–H groups in total. The SMILES string of the molecule is Fc1ccc(Br)c(OCc2ccc(Cl)c(F)c2)c1. The fraction of sp³-hybridized carbons (Fsp3) is 0.0769. The van der Waals surface area contributed by atoms with Gasteiger partial charge in [0.2, 0.25) is 0 Å². The number of halogens is 4. The van der Waals surface area contributed by atoms with Gasteiger partial charge in [-0.15, -0.1) is 0 Å². The summed E-state index contributed by atoms with van der Waals surface area (Å²) in [6.45, 7) is 0.135. The number of hydrogen-bond acceptors (Lipinski definition) is 1. The maximum absolute atomic E-state index is 13.2. The maximum atomic E-state index is 13.2. The van der Waals surface area contributed by atoms with Gasteiger partial charge in [-0.2, -0.15) is 0 Å². The van der Waals surface area contributed by atoms with Crippen LogP contribution in [0.4, 0.5) is 8.78 Å². The highest BCUT2D eigenvalue weighted by Crippen LogP contribution is 2.26. The lowest BCUT2D eigenvalue weighted by Crippen LogP contribution is -1.97. The Morgan fingerprint density at radius 3 is 2.61 bits per heavy atom. The van der Waals surface area contributed by atoms with Gasteiger partial charge in [-0.1, -0.05) is 17.7 Å². The molecule has 0 unspecified atom stereocenters. The molecule has 1 nitrogen and oxygen atoms in total. The first-order valence-electron chi connectivity index (χ1n) is 5.08. The highest BCUT2D eigenvalue weighted by Gasteiger charge is 2.05. The lowest BCUT2D eigenvalue weighted by atomic mass is 10.2. The van der Waals surface area contributed by atoms with E-state index >= 15 is 0 Å². The number of benzene rings is 2. The second-order valence-corrected chi connectivity index (χ2v) is 4.87. The Labute approximate surface area is 116 Å². The second kappa shape index (κ2) is 5.67. The average Bonchev–Trinajstić information content (AvgIpc) is 2.34. The van der Waals surface area contributed by atoms with Gasteiger partial charge < -0.3 is 4.74 Å². The maximum Gasteiger partial charge on any atom is 0.142 e. The lowest BCUT2D eigenvalue weighted by Gasteiger charge is -2.08. The van der Waals surface area contributed by atoms with E-state index in [0.29, 0.717) is 15.8 Å². The molecule has 5 heteroatoms. The first-order chi connectivity index (χ1) is 8.56. The number of rotatable bonds is 3. The zero-order valence-corrected chi connectivity index (χ0v) is 11.4. The van der Waals surface area contributed by atoms with Crippen molar-refractivity contribution in [2.45, 2.75) is 6.61 Å². The molecule has 0 saturated heterocycles. The van der Waals surface area contributed by atoms with Crippen molar-refractivity contribution < 1.29 is 13.5 Å². The largest absolute Gasteiger partial charge is 0.488 e. The summed E-state index contributed by atoms with van der Waals surface area (Å²) >= 11 is 8.81. The minimum absolute atomic E-state index is 0.0608. The van der Waals surface area contributed by atoms with Crippen molar-refractivity contribution in [3.05, 3.63) is 63.1 Å². The number of ether oxygens (including phenoxy) is 1. The van der Waals surface area contributed by atoms with Crippen LogP contribution in [0.1, 0.15) is 5.56 Å². The summed E-state index contributed by atoms with van der Waals surface area (Å²) in [7, 11) is 0. The van der Waals surface area contributed by atoms with Crippen LogP contribution < -0.4 is 4.74 Å². The Bertz CT molecular complexity index is 575. The topological polar surface area (TPSA) is 9.23 Å². The Hall–Kier alpha value is -1.13. The molecule has 0 bridgehead atoms. The van der Waals surface area contributed by atoms with E-state index in [1.54, 1.807) is 12.1 Å². The molecule has 2 rings (SSSR count). The Kier molecular flexibility index (Phi) is 4.19. The summed E-state index contributed by atoms with van der Waals surface area (Å²) < 4.78 is 32.2. The van der Waals surface area contributed by atoms with Crippen LogP contribution in [0.2, 0.25) is 5.02 Å². The molecule has 0 radical (unpaired) electrons. The van der Waals surface area contributed by atoms with Crippen molar-refractivity contribution >= 4 is 27.5 Å². The molecule has 0 aliphatic heterocycles. The van der Waals surface area contributed by atoms with Gasteiger partial charge in [-0.3, -0.25) is 0 Å². The Morgan fingerprint density at radius 2 is 1.89 bits per heavy atom. The molecule has 18 heavy (non-hydrogen) atoms. The molecular formula is C13H8BrClF2O. The van der Waals surface area contributed by atoms with E-state index in [0.717, 1.165) is 0 Å². The molecule has 0 aliphatic rings. The van der Waals surface area contributed by atoms with Gasteiger partial charge >= 0.3 is 0 Å². The van der Waals surface area contributed by atoms with Gasteiger partial charge in [0, 0.05) is 6.07 Å². The average molecular weight is 334 g/mol. The third-order valence-corrected chi connectivity index (χ3v) is 3.23. The van der Waals surface area contributed by atoms with E-state index in [1.807, 2.05) is 0 Å². The minimum atomic E-state index is -0.504. The van der Waals surface area contributed by atoms with E-state index in [9.17, 15) is 8.78 Å². The predicted octanol–water partition coefficient (Wildman–Crippen LogP) is 4.96. The van der Waals surface area contributed by atoms with E-state index in [-0.39, 0.29) is 11.6 Å². The Balaban J connectivity index is 2.11. The van der Waals surface area contributed by atoms with Crippen molar-refractivity contribution in [3.8, 4) is 5.75 Å². The van der Waals surface area contributed by atoms with E-state index in [2.05, 4.69) is 15.9 Å². The third kappa shape index (κ3) is 3.21. The van der Waals surface area contributed by atoms with Crippen molar-refractivity contribution in [1.82, 2.24) is 0 Å². The van der Waals surface area contributed by atoms with E-state index in [4.69, 9.17) is 16.3 Å². The molecular weight excluding hydrogens is 325 g/mol. The minimum Gasteiger partial charge on any atom is -0.488 e. The summed E-state index contributed by atoms with van der Waals surface area (Å²) in [5, 5.41) is 0.0608. The predicted molar refractivity (Wildman–Crippen MR) is 69.8 cm³/mol. The van der Waals surface area contributed by atoms with Gasteiger partial charge in [0.1, 0.15) is 24.0 Å². The van der Waals surface area contributed by atoms with Crippen molar-refractivity contribution in [2.24, 2.45) is 0 Å². The molecule has 0 atom stereocenters. The van der Waals surface area contributed by atoms with Crippen LogP contribution in [0.5, 0.6) is 5.75 Å². The molecule has 0 fully saturated rings. The fourth-order valence-electron chi connectivity index (χ4n) is 1.38. The van der Waals surface area contributed by atoms with Crippen LogP contribution in [-0.4, -0.2) is 0 Å². The standard InChI is InChI=1S/C13H8BrClF2O/c14-10-3-2-9(16)6-13(10)18-7-8-1-4-11(15)12(17)5-8/h1-6H,7H2. The smallest absolute Gasteiger partial charge is 0.142 e. The molecule has 0 amide bonds. The first kappa shape index (κ1) is 13.3. The summed E-state index contributed by atoms with van der Waals surface area (Å²) in [4.78, 5) is 0. The van der Waals surface area contributed by atoms with Gasteiger partial charge in [-0.05, 0) is 45.8 Å². The van der Waals surface area contributed by atoms with Crippen molar-refractivity contribution in [2.75, 3.05) is 0 Å². The second-order valence-electron chi connectivity index (χ2n) is 3.61. The summed E-state index contributed by atoms with van der Waals surface area (Å²) in [6, 6.07) is 8.52. The molecule has 0 aliphatic carbocycles. The molecule has 0 spiro atoms. The highest BCUT2D eigenvalue weighted by molar-refractivity contribution is 9.10.